The largest absolute Gasteiger partial charge is 0.480 e. The highest BCUT2D eigenvalue weighted by atomic mass is 16.4. The van der Waals surface area contributed by atoms with Crippen molar-refractivity contribution in [3.8, 4) is 0 Å². The van der Waals surface area contributed by atoms with E-state index in [1.54, 1.807) is 13.0 Å². The van der Waals surface area contributed by atoms with Crippen molar-refractivity contribution in [2.45, 2.75) is 25.9 Å². The average molecular weight is 186 g/mol. The Hall–Kier alpha value is -1.52. The third-order valence-corrected chi connectivity index (χ3v) is 1.43. The van der Waals surface area contributed by atoms with E-state index >= 15 is 0 Å². The van der Waals surface area contributed by atoms with Crippen LogP contribution in [0.25, 0.3) is 0 Å². The van der Waals surface area contributed by atoms with Crippen LogP contribution in [0.15, 0.2) is 12.7 Å². The van der Waals surface area contributed by atoms with Crippen molar-refractivity contribution in [1.82, 2.24) is 10.6 Å². The molecule has 2 unspecified atom stereocenters. The molecule has 0 heterocycles. The van der Waals surface area contributed by atoms with Crippen molar-refractivity contribution in [3.63, 3.8) is 0 Å². The number of carbonyl (C=O) groups excluding carboxylic acids is 1. The molecule has 0 saturated heterocycles. The minimum atomic E-state index is -1.07. The lowest BCUT2D eigenvalue weighted by atomic mass is 10.3. The Balaban J connectivity index is 3.87. The maximum Gasteiger partial charge on any atom is 0.325 e. The van der Waals surface area contributed by atoms with Crippen molar-refractivity contribution in [3.05, 3.63) is 12.7 Å². The van der Waals surface area contributed by atoms with Crippen molar-refractivity contribution >= 4 is 12.0 Å². The van der Waals surface area contributed by atoms with Gasteiger partial charge in [-0.25, -0.2) is 4.79 Å². The summed E-state index contributed by atoms with van der Waals surface area (Å²) in [6, 6.07) is -1.58. The molecule has 0 bridgehead atoms. The number of hydrogen-bond acceptors (Lipinski definition) is 2. The molecule has 0 aromatic heterocycles. The summed E-state index contributed by atoms with van der Waals surface area (Å²) in [6.07, 6.45) is 1.55. The molecule has 0 aliphatic carbocycles. The van der Waals surface area contributed by atoms with Gasteiger partial charge in [-0.3, -0.25) is 4.79 Å². The van der Waals surface area contributed by atoms with Gasteiger partial charge in [-0.2, -0.15) is 0 Å². The lowest BCUT2D eigenvalue weighted by molar-refractivity contribution is -0.138. The first-order valence-electron chi connectivity index (χ1n) is 3.89. The van der Waals surface area contributed by atoms with Gasteiger partial charge < -0.3 is 15.7 Å². The van der Waals surface area contributed by atoms with Crippen molar-refractivity contribution in [1.29, 1.82) is 0 Å². The standard InChI is InChI=1S/C8H14N2O3/c1-4-5(2)9-8(13)10-6(3)7(11)12/h4-6H,1H2,2-3H3,(H,11,12)(H2,9,10,13). The molecule has 5 nitrogen and oxygen atoms in total. The number of carbonyl (C=O) groups is 2. The van der Waals surface area contributed by atoms with Gasteiger partial charge in [0.05, 0.1) is 0 Å². The van der Waals surface area contributed by atoms with E-state index in [1.807, 2.05) is 0 Å². The van der Waals surface area contributed by atoms with Crippen LogP contribution in [0.5, 0.6) is 0 Å². The van der Waals surface area contributed by atoms with E-state index in [4.69, 9.17) is 5.11 Å². The van der Waals surface area contributed by atoms with Gasteiger partial charge in [0.15, 0.2) is 0 Å². The Morgan fingerprint density at radius 1 is 1.38 bits per heavy atom. The summed E-state index contributed by atoms with van der Waals surface area (Å²) in [5, 5.41) is 13.2. The molecule has 0 rings (SSSR count). The molecule has 0 radical (unpaired) electrons. The molecule has 5 heteroatoms. The smallest absolute Gasteiger partial charge is 0.325 e. The fourth-order valence-electron chi connectivity index (χ4n) is 0.566. The number of amides is 2. The average Bonchev–Trinajstić information content (AvgIpc) is 2.03. The monoisotopic (exact) mass is 186 g/mol. The van der Waals surface area contributed by atoms with Gasteiger partial charge in [0, 0.05) is 6.04 Å². The molecule has 2 atom stereocenters. The third-order valence-electron chi connectivity index (χ3n) is 1.43. The van der Waals surface area contributed by atoms with E-state index in [-0.39, 0.29) is 6.04 Å². The summed E-state index contributed by atoms with van der Waals surface area (Å²) >= 11 is 0. The fourth-order valence-corrected chi connectivity index (χ4v) is 0.566. The molecule has 13 heavy (non-hydrogen) atoms. The Morgan fingerprint density at radius 2 is 1.92 bits per heavy atom. The summed E-state index contributed by atoms with van der Waals surface area (Å²) < 4.78 is 0. The van der Waals surface area contributed by atoms with E-state index in [9.17, 15) is 9.59 Å². The maximum atomic E-state index is 11.0. The van der Waals surface area contributed by atoms with Crippen LogP contribution in [0, 0.1) is 0 Å². The summed E-state index contributed by atoms with van der Waals surface area (Å²) in [6.45, 7) is 6.59. The number of carboxylic acids is 1. The van der Waals surface area contributed by atoms with Crippen LogP contribution in [-0.4, -0.2) is 29.2 Å². The quantitative estimate of drug-likeness (QED) is 0.554. The molecule has 0 aromatic carbocycles. The number of aliphatic carboxylic acids is 1. The second-order valence-corrected chi connectivity index (χ2v) is 2.70. The fraction of sp³-hybridized carbons (Fsp3) is 0.500. The second kappa shape index (κ2) is 5.18. The summed E-state index contributed by atoms with van der Waals surface area (Å²) in [5.74, 6) is -1.07. The summed E-state index contributed by atoms with van der Waals surface area (Å²) in [7, 11) is 0. The topological polar surface area (TPSA) is 78.4 Å². The van der Waals surface area contributed by atoms with Crippen LogP contribution in [0.4, 0.5) is 4.79 Å². The minimum absolute atomic E-state index is 0.180. The molecular formula is C8H14N2O3. The Bertz CT molecular complexity index is 215. The highest BCUT2D eigenvalue weighted by molar-refractivity contribution is 5.82. The molecule has 0 aliphatic heterocycles. The normalized spacial score (nSPS) is 14.0. The first-order chi connectivity index (χ1) is 5.97. The zero-order valence-corrected chi connectivity index (χ0v) is 7.70. The van der Waals surface area contributed by atoms with E-state index < -0.39 is 18.0 Å². The third kappa shape index (κ3) is 4.84. The van der Waals surface area contributed by atoms with Gasteiger partial charge in [0.1, 0.15) is 6.04 Å². The van der Waals surface area contributed by atoms with Crippen LogP contribution in [0.1, 0.15) is 13.8 Å². The van der Waals surface area contributed by atoms with Crippen molar-refractivity contribution in [2.24, 2.45) is 0 Å². The molecule has 74 valence electrons. The Kier molecular flexibility index (Phi) is 4.58. The molecule has 3 N–H and O–H groups in total. The highest BCUT2D eigenvalue weighted by Crippen LogP contribution is 1.84. The number of rotatable bonds is 4. The van der Waals surface area contributed by atoms with Crippen molar-refractivity contribution < 1.29 is 14.7 Å². The number of nitrogens with one attached hydrogen (secondary N) is 2. The molecule has 0 aromatic rings. The van der Waals surface area contributed by atoms with Crippen molar-refractivity contribution in [2.75, 3.05) is 0 Å². The van der Waals surface area contributed by atoms with E-state index in [2.05, 4.69) is 17.2 Å². The number of urea groups is 1. The molecule has 0 saturated carbocycles. The predicted molar refractivity (Wildman–Crippen MR) is 48.4 cm³/mol. The van der Waals surface area contributed by atoms with Gasteiger partial charge in [-0.1, -0.05) is 6.08 Å². The zero-order valence-electron chi connectivity index (χ0n) is 7.70. The van der Waals surface area contributed by atoms with E-state index in [0.29, 0.717) is 0 Å². The van der Waals surface area contributed by atoms with E-state index in [1.165, 1.54) is 6.92 Å². The Labute approximate surface area is 76.8 Å². The van der Waals surface area contributed by atoms with Crippen LogP contribution < -0.4 is 10.6 Å². The summed E-state index contributed by atoms with van der Waals surface area (Å²) in [4.78, 5) is 21.3. The van der Waals surface area contributed by atoms with Gasteiger partial charge >= 0.3 is 12.0 Å². The van der Waals surface area contributed by atoms with Crippen LogP contribution in [0.2, 0.25) is 0 Å². The van der Waals surface area contributed by atoms with Gasteiger partial charge in [0.2, 0.25) is 0 Å². The van der Waals surface area contributed by atoms with Crippen LogP contribution in [0.3, 0.4) is 0 Å². The predicted octanol–water partition coefficient (Wildman–Crippen LogP) is 0.333. The first-order valence-corrected chi connectivity index (χ1v) is 3.89. The first kappa shape index (κ1) is 11.5. The highest BCUT2D eigenvalue weighted by Gasteiger charge is 2.13. The van der Waals surface area contributed by atoms with E-state index in [0.717, 1.165) is 0 Å². The lowest BCUT2D eigenvalue weighted by Gasteiger charge is -2.12. The minimum Gasteiger partial charge on any atom is -0.480 e. The zero-order chi connectivity index (χ0) is 10.4. The molecule has 0 spiro atoms. The lowest BCUT2D eigenvalue weighted by Crippen LogP contribution is -2.46. The SMILES string of the molecule is C=CC(C)NC(=O)NC(C)C(=O)O. The molecule has 0 aliphatic rings. The number of hydrogen-bond donors (Lipinski definition) is 3. The molecule has 0 fully saturated rings. The van der Waals surface area contributed by atoms with Crippen LogP contribution in [-0.2, 0) is 4.79 Å². The maximum absolute atomic E-state index is 11.0. The second-order valence-electron chi connectivity index (χ2n) is 2.70. The number of carboxylic acid groups (broad SMARTS) is 1. The summed E-state index contributed by atoms with van der Waals surface area (Å²) in [5.41, 5.74) is 0. The van der Waals surface area contributed by atoms with Gasteiger partial charge in [-0.15, -0.1) is 6.58 Å². The van der Waals surface area contributed by atoms with Gasteiger partial charge in [-0.05, 0) is 13.8 Å². The Morgan fingerprint density at radius 3 is 2.31 bits per heavy atom. The molecular weight excluding hydrogens is 172 g/mol. The van der Waals surface area contributed by atoms with Crippen LogP contribution >= 0.6 is 0 Å². The van der Waals surface area contributed by atoms with Gasteiger partial charge in [0.25, 0.3) is 0 Å². The molecule has 2 amide bonds.